The normalized spacial score (nSPS) is 11.4. The number of sulfonamides is 1. The Morgan fingerprint density at radius 1 is 1.43 bits per heavy atom. The first-order chi connectivity index (χ1) is 9.89. The van der Waals surface area contributed by atoms with Gasteiger partial charge in [0.05, 0.1) is 24.3 Å². The molecule has 0 saturated carbocycles. The van der Waals surface area contributed by atoms with Crippen molar-refractivity contribution < 1.29 is 22.7 Å². The average Bonchev–Trinajstić information content (AvgIpc) is 2.83. The second kappa shape index (κ2) is 6.00. The van der Waals surface area contributed by atoms with E-state index < -0.39 is 22.4 Å². The van der Waals surface area contributed by atoms with E-state index in [1.54, 1.807) is 12.3 Å². The molecule has 0 aliphatic carbocycles. The van der Waals surface area contributed by atoms with Crippen molar-refractivity contribution in [2.75, 3.05) is 11.8 Å². The Balaban J connectivity index is 2.44. The Morgan fingerprint density at radius 3 is 2.76 bits per heavy atom. The molecule has 0 spiro atoms. The fourth-order valence-electron chi connectivity index (χ4n) is 1.86. The van der Waals surface area contributed by atoms with E-state index in [0.29, 0.717) is 16.2 Å². The van der Waals surface area contributed by atoms with Gasteiger partial charge in [0.2, 0.25) is 0 Å². The summed E-state index contributed by atoms with van der Waals surface area (Å²) >= 11 is 1.14. The Bertz CT molecular complexity index is 756. The second-order valence-corrected chi connectivity index (χ2v) is 6.86. The van der Waals surface area contributed by atoms with Crippen molar-refractivity contribution >= 4 is 27.0 Å². The van der Waals surface area contributed by atoms with E-state index >= 15 is 0 Å². The van der Waals surface area contributed by atoms with Crippen LogP contribution in [0.25, 0.3) is 0 Å². The molecule has 1 aromatic heterocycles. The van der Waals surface area contributed by atoms with Crippen LogP contribution in [-0.2, 0) is 16.6 Å². The zero-order valence-corrected chi connectivity index (χ0v) is 13.0. The minimum absolute atomic E-state index is 0.0165. The lowest BCUT2D eigenvalue weighted by Crippen LogP contribution is -2.16. The molecule has 0 atom stereocenters. The third kappa shape index (κ3) is 3.17. The minimum Gasteiger partial charge on any atom is -0.497 e. The number of aryl methyl sites for hydroxylation is 1. The van der Waals surface area contributed by atoms with Crippen molar-refractivity contribution in [3.8, 4) is 5.75 Å². The van der Waals surface area contributed by atoms with Crippen LogP contribution in [0.3, 0.4) is 0 Å². The molecule has 0 aliphatic rings. The Labute approximate surface area is 126 Å². The van der Waals surface area contributed by atoms with Crippen molar-refractivity contribution in [3.63, 3.8) is 0 Å². The number of benzene rings is 1. The maximum atomic E-state index is 13.7. The largest absolute Gasteiger partial charge is 0.497 e. The maximum Gasteiger partial charge on any atom is 0.263 e. The molecule has 0 bridgehead atoms. The van der Waals surface area contributed by atoms with Gasteiger partial charge in [-0.2, -0.15) is 0 Å². The minimum atomic E-state index is -3.99. The summed E-state index contributed by atoms with van der Waals surface area (Å²) < 4.78 is 45.7. The van der Waals surface area contributed by atoms with Crippen LogP contribution in [0.5, 0.6) is 5.75 Å². The van der Waals surface area contributed by atoms with Gasteiger partial charge in [0.1, 0.15) is 16.5 Å². The number of anilines is 1. The van der Waals surface area contributed by atoms with Crippen LogP contribution in [0.4, 0.5) is 10.1 Å². The number of aliphatic hydroxyl groups is 1. The fourth-order valence-corrected chi connectivity index (χ4v) is 4.59. The summed E-state index contributed by atoms with van der Waals surface area (Å²) in [5.74, 6) is -0.378. The van der Waals surface area contributed by atoms with Crippen molar-refractivity contribution in [2.24, 2.45) is 0 Å². The number of aliphatic hydroxyl groups excluding tert-OH is 1. The van der Waals surface area contributed by atoms with E-state index in [1.165, 1.54) is 19.2 Å². The molecular weight excluding hydrogens is 317 g/mol. The number of hydrogen-bond acceptors (Lipinski definition) is 5. The van der Waals surface area contributed by atoms with E-state index in [-0.39, 0.29) is 10.6 Å². The third-order valence-corrected chi connectivity index (χ3v) is 5.63. The smallest absolute Gasteiger partial charge is 0.263 e. The van der Waals surface area contributed by atoms with Crippen LogP contribution >= 0.6 is 11.3 Å². The number of nitrogens with one attached hydrogen (secondary N) is 1. The van der Waals surface area contributed by atoms with E-state index in [4.69, 9.17) is 4.74 Å². The van der Waals surface area contributed by atoms with E-state index in [2.05, 4.69) is 4.72 Å². The van der Waals surface area contributed by atoms with Crippen LogP contribution in [0.15, 0.2) is 28.5 Å². The van der Waals surface area contributed by atoms with Crippen LogP contribution < -0.4 is 9.46 Å². The average molecular weight is 331 g/mol. The fraction of sp³-hybridized carbons (Fsp3) is 0.231. The number of ether oxygens (including phenoxy) is 1. The van der Waals surface area contributed by atoms with Crippen molar-refractivity contribution in [3.05, 3.63) is 39.8 Å². The highest BCUT2D eigenvalue weighted by atomic mass is 32.2. The van der Waals surface area contributed by atoms with Gasteiger partial charge in [0.15, 0.2) is 0 Å². The number of thiophene rings is 1. The van der Waals surface area contributed by atoms with Gasteiger partial charge in [0, 0.05) is 6.07 Å². The van der Waals surface area contributed by atoms with Gasteiger partial charge in [-0.1, -0.05) is 0 Å². The quantitative estimate of drug-likeness (QED) is 0.883. The maximum absolute atomic E-state index is 13.7. The van der Waals surface area contributed by atoms with E-state index in [9.17, 15) is 17.9 Å². The summed E-state index contributed by atoms with van der Waals surface area (Å²) in [4.78, 5) is 0.292. The molecule has 0 amide bonds. The zero-order chi connectivity index (χ0) is 15.6. The molecule has 5 nitrogen and oxygen atoms in total. The first kappa shape index (κ1) is 15.7. The molecule has 1 aromatic carbocycles. The van der Waals surface area contributed by atoms with Crippen LogP contribution in [0, 0.1) is 12.7 Å². The predicted octanol–water partition coefficient (Wildman–Crippen LogP) is 2.50. The van der Waals surface area contributed by atoms with Gasteiger partial charge in [-0.3, -0.25) is 4.72 Å². The molecule has 2 N–H and O–H groups in total. The summed E-state index contributed by atoms with van der Waals surface area (Å²) in [6.45, 7) is 1.22. The molecule has 2 aromatic rings. The number of hydrogen-bond donors (Lipinski definition) is 2. The molecule has 2 rings (SSSR count). The molecular formula is C13H14FNO4S2. The topological polar surface area (TPSA) is 75.6 Å². The van der Waals surface area contributed by atoms with Gasteiger partial charge in [-0.15, -0.1) is 11.3 Å². The second-order valence-electron chi connectivity index (χ2n) is 4.28. The molecule has 0 fully saturated rings. The Hall–Kier alpha value is -1.64. The summed E-state index contributed by atoms with van der Waals surface area (Å²) in [6.07, 6.45) is 0. The van der Waals surface area contributed by atoms with Gasteiger partial charge in [0.25, 0.3) is 10.0 Å². The summed E-state index contributed by atoms with van der Waals surface area (Å²) in [6, 6.07) is 3.76. The first-order valence-electron chi connectivity index (χ1n) is 5.93. The highest BCUT2D eigenvalue weighted by molar-refractivity contribution is 7.93. The number of rotatable bonds is 5. The standard InChI is InChI=1S/C13H14FNO4S2/c1-8-7-20-12(6-16)13(8)21(17,18)15-11-5-9(19-2)3-4-10(11)14/h3-5,7,15-16H,6H2,1-2H3. The first-order valence-corrected chi connectivity index (χ1v) is 8.29. The molecule has 0 aliphatic heterocycles. The van der Waals surface area contributed by atoms with E-state index in [0.717, 1.165) is 17.4 Å². The Kier molecular flexibility index (Phi) is 4.50. The van der Waals surface area contributed by atoms with Gasteiger partial charge in [-0.25, -0.2) is 12.8 Å². The molecule has 1 heterocycles. The molecule has 0 radical (unpaired) electrons. The third-order valence-electron chi connectivity index (χ3n) is 2.82. The lowest BCUT2D eigenvalue weighted by Gasteiger charge is -2.11. The molecule has 0 saturated heterocycles. The molecule has 8 heteroatoms. The van der Waals surface area contributed by atoms with Crippen LogP contribution in [0.1, 0.15) is 10.4 Å². The van der Waals surface area contributed by atoms with Gasteiger partial charge < -0.3 is 9.84 Å². The lowest BCUT2D eigenvalue weighted by molar-refractivity contribution is 0.282. The Morgan fingerprint density at radius 2 is 2.14 bits per heavy atom. The molecule has 21 heavy (non-hydrogen) atoms. The van der Waals surface area contributed by atoms with Crippen LogP contribution in [-0.4, -0.2) is 20.6 Å². The van der Waals surface area contributed by atoms with Crippen molar-refractivity contribution in [1.29, 1.82) is 0 Å². The number of methoxy groups -OCH3 is 1. The van der Waals surface area contributed by atoms with E-state index in [1.807, 2.05) is 0 Å². The summed E-state index contributed by atoms with van der Waals surface area (Å²) in [7, 11) is -2.58. The molecule has 0 unspecified atom stereocenters. The molecule has 114 valence electrons. The summed E-state index contributed by atoms with van der Waals surface area (Å²) in [5, 5.41) is 10.8. The lowest BCUT2D eigenvalue weighted by atomic mass is 10.3. The zero-order valence-electron chi connectivity index (χ0n) is 11.4. The number of halogens is 1. The highest BCUT2D eigenvalue weighted by Crippen LogP contribution is 2.30. The van der Waals surface area contributed by atoms with Crippen molar-refractivity contribution in [1.82, 2.24) is 0 Å². The summed E-state index contributed by atoms with van der Waals surface area (Å²) in [5.41, 5.74) is 0.295. The predicted molar refractivity (Wildman–Crippen MR) is 78.7 cm³/mol. The van der Waals surface area contributed by atoms with Crippen LogP contribution in [0.2, 0.25) is 0 Å². The van der Waals surface area contributed by atoms with Gasteiger partial charge >= 0.3 is 0 Å². The highest BCUT2D eigenvalue weighted by Gasteiger charge is 2.24. The van der Waals surface area contributed by atoms with Crippen molar-refractivity contribution in [2.45, 2.75) is 18.4 Å². The monoisotopic (exact) mass is 331 g/mol. The van der Waals surface area contributed by atoms with Gasteiger partial charge in [-0.05, 0) is 30.0 Å². The SMILES string of the molecule is COc1ccc(F)c(NS(=O)(=O)c2c(C)csc2CO)c1.